The van der Waals surface area contributed by atoms with Crippen LogP contribution in [0.5, 0.6) is 0 Å². The molecule has 0 saturated heterocycles. The van der Waals surface area contributed by atoms with Gasteiger partial charge in [-0.15, -0.1) is 0 Å². The fraction of sp³-hybridized carbons (Fsp3) is 0.500. The Morgan fingerprint density at radius 2 is 2.36 bits per heavy atom. The van der Waals surface area contributed by atoms with Gasteiger partial charge in [-0.25, -0.2) is 0 Å². The second kappa shape index (κ2) is 2.86. The van der Waals surface area contributed by atoms with Gasteiger partial charge in [-0.2, -0.15) is 0 Å². The monoisotopic (exact) mass is 154 g/mol. The molecule has 0 radical (unpaired) electrons. The van der Waals surface area contributed by atoms with Gasteiger partial charge in [0.25, 0.3) is 0 Å². The number of ketones is 1. The first kappa shape index (κ1) is 7.98. The zero-order valence-electron chi connectivity index (χ0n) is 6.59. The fourth-order valence-corrected chi connectivity index (χ4v) is 1.06. The Hall–Kier alpha value is -1.12. The number of carbonyl (C=O) groups excluding carboxylic acids is 2. The third-order valence-electron chi connectivity index (χ3n) is 1.58. The van der Waals surface area contributed by atoms with Crippen molar-refractivity contribution >= 4 is 11.8 Å². The van der Waals surface area contributed by atoms with E-state index in [-0.39, 0.29) is 17.9 Å². The van der Waals surface area contributed by atoms with Crippen molar-refractivity contribution in [1.29, 1.82) is 0 Å². The summed E-state index contributed by atoms with van der Waals surface area (Å²) >= 11 is 0. The van der Waals surface area contributed by atoms with Crippen LogP contribution in [0.1, 0.15) is 20.3 Å². The number of allylic oxidation sites excluding steroid dienone is 1. The normalized spacial score (nSPS) is 23.3. The van der Waals surface area contributed by atoms with E-state index in [1.54, 1.807) is 13.0 Å². The van der Waals surface area contributed by atoms with Crippen LogP contribution >= 0.6 is 0 Å². The van der Waals surface area contributed by atoms with E-state index < -0.39 is 0 Å². The van der Waals surface area contributed by atoms with Crippen LogP contribution in [0, 0.1) is 0 Å². The Balaban J connectivity index is 2.54. The predicted molar refractivity (Wildman–Crippen MR) is 38.9 cm³/mol. The minimum atomic E-state index is -0.339. The van der Waals surface area contributed by atoms with Crippen LogP contribution in [0.2, 0.25) is 0 Å². The van der Waals surface area contributed by atoms with Crippen molar-refractivity contribution in [2.45, 2.75) is 26.4 Å². The van der Waals surface area contributed by atoms with Crippen LogP contribution in [0.15, 0.2) is 11.6 Å². The molecule has 0 unspecified atom stereocenters. The van der Waals surface area contributed by atoms with Crippen LogP contribution in [0.3, 0.4) is 0 Å². The van der Waals surface area contributed by atoms with Crippen molar-refractivity contribution in [3.05, 3.63) is 11.6 Å². The molecular weight excluding hydrogens is 144 g/mol. The molecule has 1 atom stereocenters. The summed E-state index contributed by atoms with van der Waals surface area (Å²) in [4.78, 5) is 21.4. The van der Waals surface area contributed by atoms with E-state index in [1.165, 1.54) is 6.92 Å². The topological polar surface area (TPSA) is 43.4 Å². The molecule has 1 aliphatic rings. The van der Waals surface area contributed by atoms with E-state index in [0.717, 1.165) is 0 Å². The summed E-state index contributed by atoms with van der Waals surface area (Å²) in [7, 11) is 0. The van der Waals surface area contributed by atoms with Crippen LogP contribution in [-0.2, 0) is 14.3 Å². The number of esters is 1. The minimum Gasteiger partial charge on any atom is -0.458 e. The van der Waals surface area contributed by atoms with E-state index in [4.69, 9.17) is 4.74 Å². The second-order valence-electron chi connectivity index (χ2n) is 2.62. The van der Waals surface area contributed by atoms with Gasteiger partial charge in [-0.1, -0.05) is 0 Å². The highest BCUT2D eigenvalue weighted by molar-refractivity contribution is 5.98. The van der Waals surface area contributed by atoms with Crippen LogP contribution in [0.4, 0.5) is 0 Å². The van der Waals surface area contributed by atoms with Crippen molar-refractivity contribution in [2.24, 2.45) is 0 Å². The lowest BCUT2D eigenvalue weighted by Crippen LogP contribution is -2.12. The van der Waals surface area contributed by atoms with Crippen LogP contribution in [-0.4, -0.2) is 17.9 Å². The van der Waals surface area contributed by atoms with Crippen molar-refractivity contribution in [3.8, 4) is 0 Å². The van der Waals surface area contributed by atoms with Gasteiger partial charge >= 0.3 is 5.97 Å². The van der Waals surface area contributed by atoms with E-state index in [2.05, 4.69) is 0 Å². The lowest BCUT2D eigenvalue weighted by atomic mass is 10.2. The Bertz CT molecular complexity index is 227. The Labute approximate surface area is 65.0 Å². The molecule has 3 nitrogen and oxygen atoms in total. The highest BCUT2D eigenvalue weighted by Crippen LogP contribution is 2.16. The summed E-state index contributed by atoms with van der Waals surface area (Å²) in [5, 5.41) is 0. The summed E-state index contributed by atoms with van der Waals surface area (Å²) in [6.07, 6.45) is 1.68. The Kier molecular flexibility index (Phi) is 2.08. The Morgan fingerprint density at radius 1 is 1.73 bits per heavy atom. The van der Waals surface area contributed by atoms with Gasteiger partial charge in [0.1, 0.15) is 6.10 Å². The average molecular weight is 154 g/mol. The number of carbonyl (C=O) groups is 2. The van der Waals surface area contributed by atoms with Gasteiger partial charge in [-0.05, 0) is 18.6 Å². The molecular formula is C8H10O3. The third kappa shape index (κ3) is 1.90. The van der Waals surface area contributed by atoms with Gasteiger partial charge in [0.2, 0.25) is 0 Å². The van der Waals surface area contributed by atoms with Crippen molar-refractivity contribution < 1.29 is 14.3 Å². The van der Waals surface area contributed by atoms with Gasteiger partial charge < -0.3 is 4.74 Å². The summed E-state index contributed by atoms with van der Waals surface area (Å²) < 4.78 is 4.82. The number of rotatable bonds is 1. The first-order chi connectivity index (χ1) is 5.09. The average Bonchev–Trinajstić information content (AvgIpc) is 2.10. The molecule has 11 heavy (non-hydrogen) atoms. The van der Waals surface area contributed by atoms with E-state index in [0.29, 0.717) is 12.0 Å². The molecule has 1 aliphatic carbocycles. The summed E-state index contributed by atoms with van der Waals surface area (Å²) in [6, 6.07) is 0. The van der Waals surface area contributed by atoms with E-state index >= 15 is 0 Å². The van der Waals surface area contributed by atoms with Crippen molar-refractivity contribution in [2.75, 3.05) is 0 Å². The summed E-state index contributed by atoms with van der Waals surface area (Å²) in [5.41, 5.74) is 0.691. The lowest BCUT2D eigenvalue weighted by molar-refractivity contribution is -0.144. The molecule has 60 valence electrons. The van der Waals surface area contributed by atoms with Crippen LogP contribution in [0.25, 0.3) is 0 Å². The van der Waals surface area contributed by atoms with E-state index in [9.17, 15) is 9.59 Å². The first-order valence-electron chi connectivity index (χ1n) is 3.48. The molecule has 3 heteroatoms. The molecule has 0 aromatic carbocycles. The number of hydrogen-bond acceptors (Lipinski definition) is 3. The molecule has 0 saturated carbocycles. The highest BCUT2D eigenvalue weighted by atomic mass is 16.5. The smallest absolute Gasteiger partial charge is 0.303 e. The first-order valence-corrected chi connectivity index (χ1v) is 3.48. The summed E-state index contributed by atoms with van der Waals surface area (Å²) in [5.74, 6) is -0.273. The molecule has 0 bridgehead atoms. The molecule has 0 aliphatic heterocycles. The maximum Gasteiger partial charge on any atom is 0.303 e. The van der Waals surface area contributed by atoms with E-state index in [1.807, 2.05) is 0 Å². The number of Topliss-reactive ketones (excluding diaryl/α,β-unsaturated/α-hetero) is 1. The van der Waals surface area contributed by atoms with Gasteiger partial charge in [0.05, 0.1) is 6.42 Å². The third-order valence-corrected chi connectivity index (χ3v) is 1.58. The van der Waals surface area contributed by atoms with Gasteiger partial charge in [0, 0.05) is 6.92 Å². The van der Waals surface area contributed by atoms with Crippen LogP contribution < -0.4 is 0 Å². The summed E-state index contributed by atoms with van der Waals surface area (Å²) in [6.45, 7) is 3.07. The zero-order valence-corrected chi connectivity index (χ0v) is 6.59. The number of hydrogen-bond donors (Lipinski definition) is 0. The molecule has 0 amide bonds. The SMILES string of the molecule is CC(=O)O[C@H]1C=C(C)C(=O)C1. The standard InChI is InChI=1S/C8H10O3/c1-5-3-7(4-8(5)10)11-6(2)9/h3,7H,4H2,1-2H3/t7-/m0/s1. The minimum absolute atomic E-state index is 0.0660. The largest absolute Gasteiger partial charge is 0.458 e. The molecule has 0 heterocycles. The maximum absolute atomic E-state index is 10.9. The van der Waals surface area contributed by atoms with Crippen molar-refractivity contribution in [3.63, 3.8) is 0 Å². The van der Waals surface area contributed by atoms with Gasteiger partial charge in [-0.3, -0.25) is 9.59 Å². The molecule has 1 rings (SSSR count). The molecule has 0 spiro atoms. The fourth-order valence-electron chi connectivity index (χ4n) is 1.06. The predicted octanol–water partition coefficient (Wildman–Crippen LogP) is 0.837. The second-order valence-corrected chi connectivity index (χ2v) is 2.62. The highest BCUT2D eigenvalue weighted by Gasteiger charge is 2.22. The zero-order chi connectivity index (χ0) is 8.43. The number of ether oxygens (including phenoxy) is 1. The lowest BCUT2D eigenvalue weighted by Gasteiger charge is -2.05. The molecule has 0 N–H and O–H groups in total. The molecule has 0 aromatic rings. The maximum atomic E-state index is 10.9. The Morgan fingerprint density at radius 3 is 2.73 bits per heavy atom. The molecule has 0 fully saturated rings. The van der Waals surface area contributed by atoms with Gasteiger partial charge in [0.15, 0.2) is 5.78 Å². The van der Waals surface area contributed by atoms with Crippen molar-refractivity contribution in [1.82, 2.24) is 0 Å². The molecule has 0 aromatic heterocycles. The quantitative estimate of drug-likeness (QED) is 0.525.